The van der Waals surface area contributed by atoms with Crippen LogP contribution >= 0.6 is 0 Å². The number of benzene rings is 5. The smallest absolute Gasteiger partial charge is 0.0799 e. The van der Waals surface area contributed by atoms with Gasteiger partial charge in [-0.2, -0.15) is 0 Å². The molecular formula is C53H41N3. The van der Waals surface area contributed by atoms with Crippen molar-refractivity contribution in [1.29, 1.82) is 0 Å². The van der Waals surface area contributed by atoms with E-state index in [1.165, 1.54) is 69.6 Å². The van der Waals surface area contributed by atoms with Gasteiger partial charge in [0.15, 0.2) is 0 Å². The number of nitrogens with zero attached hydrogens (tertiary/aromatic N) is 3. The van der Waals surface area contributed by atoms with Crippen molar-refractivity contribution in [2.24, 2.45) is 5.92 Å². The molecule has 3 heteroatoms. The van der Waals surface area contributed by atoms with Gasteiger partial charge in [-0.05, 0) is 115 Å². The zero-order chi connectivity index (χ0) is 37.0. The van der Waals surface area contributed by atoms with Gasteiger partial charge >= 0.3 is 0 Å². The van der Waals surface area contributed by atoms with Crippen molar-refractivity contribution in [3.05, 3.63) is 198 Å². The van der Waals surface area contributed by atoms with Gasteiger partial charge in [-0.3, -0.25) is 0 Å². The number of allylic oxidation sites excluding steroid dienone is 1. The predicted octanol–water partition coefficient (Wildman–Crippen LogP) is 13.1. The van der Waals surface area contributed by atoms with Crippen molar-refractivity contribution < 1.29 is 0 Å². The predicted molar refractivity (Wildman–Crippen MR) is 230 cm³/mol. The Hall–Kier alpha value is -6.63. The largest absolute Gasteiger partial charge is 0.337 e. The van der Waals surface area contributed by atoms with Crippen molar-refractivity contribution >= 4 is 28.4 Å². The first-order valence-electron chi connectivity index (χ1n) is 20.1. The van der Waals surface area contributed by atoms with Crippen molar-refractivity contribution in [2.45, 2.75) is 44.1 Å². The first-order valence-corrected chi connectivity index (χ1v) is 20.1. The Kier molecular flexibility index (Phi) is 7.95. The monoisotopic (exact) mass is 719 g/mol. The van der Waals surface area contributed by atoms with Crippen molar-refractivity contribution in [1.82, 2.24) is 9.55 Å². The van der Waals surface area contributed by atoms with E-state index >= 15 is 0 Å². The van der Waals surface area contributed by atoms with Gasteiger partial charge in [0.1, 0.15) is 0 Å². The fourth-order valence-electron chi connectivity index (χ4n) is 10.0. The quantitative estimate of drug-likeness (QED) is 0.171. The normalized spacial score (nSPS) is 18.5. The van der Waals surface area contributed by atoms with Crippen LogP contribution in [0.25, 0.3) is 56.3 Å². The zero-order valence-corrected chi connectivity index (χ0v) is 31.3. The maximum atomic E-state index is 5.15. The Morgan fingerprint density at radius 3 is 2.21 bits per heavy atom. The van der Waals surface area contributed by atoms with Gasteiger partial charge in [-0.25, -0.2) is 4.98 Å². The molecule has 3 atom stereocenters. The molecule has 3 heterocycles. The molecule has 2 aliphatic carbocycles. The number of para-hydroxylation sites is 3. The lowest BCUT2D eigenvalue weighted by Gasteiger charge is -2.39. The lowest BCUT2D eigenvalue weighted by molar-refractivity contribution is 0.327. The van der Waals surface area contributed by atoms with Crippen LogP contribution in [0.2, 0.25) is 0 Å². The average Bonchev–Trinajstić information content (AvgIpc) is 3.79. The second-order valence-corrected chi connectivity index (χ2v) is 15.6. The lowest BCUT2D eigenvalue weighted by atomic mass is 9.72. The van der Waals surface area contributed by atoms with E-state index in [1.54, 1.807) is 5.57 Å². The Morgan fingerprint density at radius 1 is 0.607 bits per heavy atom. The molecule has 2 unspecified atom stereocenters. The molecular weight excluding hydrogens is 679 g/mol. The van der Waals surface area contributed by atoms with Crippen LogP contribution in [-0.4, -0.2) is 15.6 Å². The molecule has 0 amide bonds. The van der Waals surface area contributed by atoms with Crippen LogP contribution in [0.3, 0.4) is 0 Å². The third-order valence-electron chi connectivity index (χ3n) is 12.6. The molecule has 0 spiro atoms. The van der Waals surface area contributed by atoms with Crippen LogP contribution in [0.1, 0.15) is 48.4 Å². The zero-order valence-electron chi connectivity index (χ0n) is 31.3. The number of rotatable bonds is 6. The molecule has 8 aromatic rings. The number of hydrogen-bond acceptors (Lipinski definition) is 2. The second kappa shape index (κ2) is 13.6. The summed E-state index contributed by atoms with van der Waals surface area (Å²) < 4.78 is 2.51. The minimum atomic E-state index is 0.485. The molecule has 56 heavy (non-hydrogen) atoms. The summed E-state index contributed by atoms with van der Waals surface area (Å²) in [5, 5.41) is 1.34. The minimum Gasteiger partial charge on any atom is -0.337 e. The van der Waals surface area contributed by atoms with Crippen molar-refractivity contribution in [2.75, 3.05) is 4.90 Å². The van der Waals surface area contributed by atoms with Crippen molar-refractivity contribution in [3.63, 3.8) is 0 Å². The second-order valence-electron chi connectivity index (χ2n) is 15.6. The Morgan fingerprint density at radius 2 is 1.38 bits per heavy atom. The number of hydrogen-bond donors (Lipinski definition) is 0. The molecule has 3 aliphatic rings. The molecule has 1 saturated carbocycles. The summed E-state index contributed by atoms with van der Waals surface area (Å²) in [6, 6.07) is 65.9. The van der Waals surface area contributed by atoms with E-state index in [4.69, 9.17) is 4.98 Å². The molecule has 268 valence electrons. The first kappa shape index (κ1) is 32.8. The van der Waals surface area contributed by atoms with E-state index in [0.29, 0.717) is 17.9 Å². The van der Waals surface area contributed by atoms with Gasteiger partial charge in [-0.15, -0.1) is 0 Å². The van der Waals surface area contributed by atoms with Crippen LogP contribution in [0.4, 0.5) is 11.4 Å². The summed E-state index contributed by atoms with van der Waals surface area (Å²) in [5.41, 5.74) is 17.3. The SMILES string of the molecule is c1cccc(-c2cc(-c3ccccc3)cc(-c3ccc(-n4c5c(c6ccccc64)C=C(C4CCC6c7ccccc7N(c7ccccc7)[C@@H]6C4)CC5)cc3)n2)c#1. The third kappa shape index (κ3) is 5.56. The summed E-state index contributed by atoms with van der Waals surface area (Å²) in [5.74, 6) is 1.17. The highest BCUT2D eigenvalue weighted by atomic mass is 15.2. The maximum absolute atomic E-state index is 5.15. The number of fused-ring (bicyclic) bond motifs is 6. The number of aromatic nitrogens is 2. The summed E-state index contributed by atoms with van der Waals surface area (Å²) in [6.45, 7) is 0. The van der Waals surface area contributed by atoms with Gasteiger partial charge in [-0.1, -0.05) is 127 Å². The van der Waals surface area contributed by atoms with Crippen LogP contribution in [0.5, 0.6) is 0 Å². The third-order valence-corrected chi connectivity index (χ3v) is 12.6. The van der Waals surface area contributed by atoms with Crippen LogP contribution in [0, 0.1) is 18.1 Å². The Balaban J connectivity index is 0.934. The van der Waals surface area contributed by atoms with Crippen LogP contribution in [0.15, 0.2) is 169 Å². The van der Waals surface area contributed by atoms with E-state index in [0.717, 1.165) is 40.9 Å². The fourth-order valence-corrected chi connectivity index (χ4v) is 10.0. The van der Waals surface area contributed by atoms with Crippen molar-refractivity contribution in [3.8, 4) is 39.3 Å². The Labute approximate surface area is 329 Å². The molecule has 2 aromatic heterocycles. The highest BCUT2D eigenvalue weighted by Gasteiger charge is 2.43. The highest BCUT2D eigenvalue weighted by Crippen LogP contribution is 2.54. The van der Waals surface area contributed by atoms with Gasteiger partial charge in [0.05, 0.1) is 22.5 Å². The molecule has 11 rings (SSSR count). The Bertz CT molecular complexity index is 2670. The van der Waals surface area contributed by atoms with Crippen LogP contribution in [-0.2, 0) is 6.42 Å². The molecule has 1 fully saturated rings. The molecule has 0 N–H and O–H groups in total. The van der Waals surface area contributed by atoms with Gasteiger partial charge < -0.3 is 9.47 Å². The lowest BCUT2D eigenvalue weighted by Crippen LogP contribution is -2.36. The maximum Gasteiger partial charge on any atom is 0.0799 e. The summed E-state index contributed by atoms with van der Waals surface area (Å²) in [7, 11) is 0. The van der Waals surface area contributed by atoms with E-state index < -0.39 is 0 Å². The fraction of sp³-hybridized carbons (Fsp3) is 0.151. The average molecular weight is 720 g/mol. The summed E-state index contributed by atoms with van der Waals surface area (Å²) >= 11 is 0. The standard InChI is InChI=1S/C53H41N3/c1-4-14-36(15-5-1)41-33-48(37-16-6-2-7-17-37)54-49(34-41)38-24-28-43(29-25-38)55-51-23-13-11-21-45(51)47-32-39(27-31-52(47)55)40-26-30-46-44-20-10-12-22-50(44)56(53(46)35-40)42-18-8-3-9-19-42/h1-6,8-16,18-25,28-29,32-34,40,46,53H,26-27,30-31,35H2/t40?,46?,53-/m1/s1. The summed E-state index contributed by atoms with van der Waals surface area (Å²) in [4.78, 5) is 7.81. The van der Waals surface area contributed by atoms with Gasteiger partial charge in [0.2, 0.25) is 0 Å². The molecule has 0 bridgehead atoms. The number of pyridine rings is 1. The van der Waals surface area contributed by atoms with Crippen LogP contribution < -0.4 is 4.90 Å². The molecule has 3 nitrogen and oxygen atoms in total. The van der Waals surface area contributed by atoms with E-state index in [9.17, 15) is 0 Å². The minimum absolute atomic E-state index is 0.485. The van der Waals surface area contributed by atoms with Gasteiger partial charge in [0.25, 0.3) is 0 Å². The van der Waals surface area contributed by atoms with Gasteiger partial charge in [0, 0.05) is 51.2 Å². The molecule has 1 aliphatic heterocycles. The molecule has 6 aromatic carbocycles. The number of anilines is 2. The summed E-state index contributed by atoms with van der Waals surface area (Å²) in [6.07, 6.45) is 8.41. The topological polar surface area (TPSA) is 21.1 Å². The molecule has 0 radical (unpaired) electrons. The molecule has 0 saturated heterocycles. The van der Waals surface area contributed by atoms with E-state index in [-0.39, 0.29) is 0 Å². The van der Waals surface area contributed by atoms with E-state index in [1.807, 2.05) is 12.1 Å². The first-order chi connectivity index (χ1) is 27.8. The highest BCUT2D eigenvalue weighted by molar-refractivity contribution is 5.94. The van der Waals surface area contributed by atoms with E-state index in [2.05, 4.69) is 179 Å².